The van der Waals surface area contributed by atoms with Crippen LogP contribution in [0.1, 0.15) is 5.56 Å². The van der Waals surface area contributed by atoms with Crippen LogP contribution in [0.5, 0.6) is 0 Å². The Morgan fingerprint density at radius 3 is 2.43 bits per heavy atom. The molecule has 0 N–H and O–H groups in total. The first-order valence-electron chi connectivity index (χ1n) is 7.10. The summed E-state index contributed by atoms with van der Waals surface area (Å²) in [7, 11) is 1.79. The van der Waals surface area contributed by atoms with E-state index < -0.39 is 11.6 Å². The molecule has 0 saturated carbocycles. The van der Waals surface area contributed by atoms with Gasteiger partial charge in [-0.2, -0.15) is 0 Å². The molecule has 0 saturated heterocycles. The normalized spacial score (nSPS) is 11.0. The molecule has 0 fully saturated rings. The Kier molecular flexibility index (Phi) is 4.14. The average Bonchev–Trinajstić information content (AvgIpc) is 2.53. The van der Waals surface area contributed by atoms with Gasteiger partial charge in [0.05, 0.1) is 0 Å². The van der Waals surface area contributed by atoms with E-state index in [1.165, 1.54) is 24.5 Å². The third-order valence-corrected chi connectivity index (χ3v) is 3.65. The Morgan fingerprint density at radius 1 is 0.957 bits per heavy atom. The number of hydrogen-bond acceptors (Lipinski definition) is 3. The lowest BCUT2D eigenvalue weighted by Crippen LogP contribution is -2.22. The van der Waals surface area contributed by atoms with Crippen molar-refractivity contribution in [1.29, 1.82) is 0 Å². The van der Waals surface area contributed by atoms with Gasteiger partial charge in [-0.1, -0.05) is 12.1 Å². The Balaban J connectivity index is 1.86. The number of nitrogens with zero attached hydrogens (tertiary/aromatic N) is 3. The number of hydrogen-bond donors (Lipinski definition) is 0. The molecule has 23 heavy (non-hydrogen) atoms. The van der Waals surface area contributed by atoms with E-state index in [4.69, 9.17) is 0 Å². The van der Waals surface area contributed by atoms with Gasteiger partial charge in [-0.25, -0.2) is 23.1 Å². The van der Waals surface area contributed by atoms with Crippen LogP contribution in [0.4, 0.5) is 19.0 Å². The maximum absolute atomic E-state index is 13.8. The van der Waals surface area contributed by atoms with E-state index in [0.29, 0.717) is 24.2 Å². The first-order chi connectivity index (χ1) is 11.0. The topological polar surface area (TPSA) is 29.0 Å². The van der Waals surface area contributed by atoms with Crippen molar-refractivity contribution in [3.8, 4) is 0 Å². The van der Waals surface area contributed by atoms with E-state index in [0.717, 1.165) is 11.6 Å². The number of aromatic nitrogens is 2. The summed E-state index contributed by atoms with van der Waals surface area (Å²) >= 11 is 0. The van der Waals surface area contributed by atoms with Crippen LogP contribution in [0.15, 0.2) is 42.7 Å². The summed E-state index contributed by atoms with van der Waals surface area (Å²) in [6, 6.07) is 8.25. The minimum atomic E-state index is -0.712. The lowest BCUT2D eigenvalue weighted by molar-refractivity contribution is 0.590. The third-order valence-electron chi connectivity index (χ3n) is 3.65. The Labute approximate surface area is 131 Å². The molecule has 2 aromatic carbocycles. The van der Waals surface area contributed by atoms with Crippen LogP contribution in [0.2, 0.25) is 0 Å². The summed E-state index contributed by atoms with van der Waals surface area (Å²) in [4.78, 5) is 9.81. The maximum Gasteiger partial charge on any atom is 0.152 e. The van der Waals surface area contributed by atoms with Gasteiger partial charge in [-0.15, -0.1) is 0 Å². The summed E-state index contributed by atoms with van der Waals surface area (Å²) in [5, 5.41) is 0.326. The van der Waals surface area contributed by atoms with Crippen molar-refractivity contribution >= 4 is 16.7 Å². The highest BCUT2D eigenvalue weighted by Gasteiger charge is 2.13. The van der Waals surface area contributed by atoms with E-state index in [2.05, 4.69) is 9.97 Å². The highest BCUT2D eigenvalue weighted by molar-refractivity contribution is 5.89. The number of benzene rings is 2. The molecule has 0 amide bonds. The summed E-state index contributed by atoms with van der Waals surface area (Å²) in [5.74, 6) is -1.21. The zero-order valence-corrected chi connectivity index (χ0v) is 12.4. The first kappa shape index (κ1) is 15.3. The molecule has 3 nitrogen and oxygen atoms in total. The van der Waals surface area contributed by atoms with Gasteiger partial charge in [-0.3, -0.25) is 0 Å². The molecule has 0 unspecified atom stereocenters. The van der Waals surface area contributed by atoms with Crippen LogP contribution < -0.4 is 4.90 Å². The fourth-order valence-electron chi connectivity index (χ4n) is 2.44. The molecule has 0 bridgehead atoms. The molecule has 3 rings (SSSR count). The van der Waals surface area contributed by atoms with Crippen LogP contribution >= 0.6 is 0 Å². The molecular formula is C17H14F3N3. The van der Waals surface area contributed by atoms with E-state index in [-0.39, 0.29) is 11.3 Å². The number of halogens is 3. The van der Waals surface area contributed by atoms with Crippen LogP contribution in [-0.2, 0) is 6.42 Å². The van der Waals surface area contributed by atoms with Crippen LogP contribution in [0.3, 0.4) is 0 Å². The summed E-state index contributed by atoms with van der Waals surface area (Å²) in [6.07, 6.45) is 1.91. The smallest absolute Gasteiger partial charge is 0.152 e. The monoisotopic (exact) mass is 317 g/mol. The fourth-order valence-corrected chi connectivity index (χ4v) is 2.44. The van der Waals surface area contributed by atoms with Crippen LogP contribution in [-0.4, -0.2) is 23.6 Å². The SMILES string of the molecule is CN(CCc1ccc(F)cc1)c1ncnc2c(F)cc(F)cc12. The van der Waals surface area contributed by atoms with Gasteiger partial charge in [0, 0.05) is 25.0 Å². The predicted molar refractivity (Wildman–Crippen MR) is 82.8 cm³/mol. The molecule has 0 radical (unpaired) electrons. The summed E-state index contributed by atoms with van der Waals surface area (Å²) in [6.45, 7) is 0.565. The second-order valence-electron chi connectivity index (χ2n) is 5.28. The van der Waals surface area contributed by atoms with Crippen molar-refractivity contribution in [3.05, 3.63) is 65.7 Å². The Morgan fingerprint density at radius 2 is 1.70 bits per heavy atom. The van der Waals surface area contributed by atoms with Gasteiger partial charge in [0.2, 0.25) is 0 Å². The lowest BCUT2D eigenvalue weighted by Gasteiger charge is -2.19. The highest BCUT2D eigenvalue weighted by Crippen LogP contribution is 2.25. The van der Waals surface area contributed by atoms with Crippen LogP contribution in [0.25, 0.3) is 10.9 Å². The Hall–Kier alpha value is -2.63. The number of fused-ring (bicyclic) bond motifs is 1. The van der Waals surface area contributed by atoms with Gasteiger partial charge in [0.1, 0.15) is 29.3 Å². The third kappa shape index (κ3) is 3.26. The van der Waals surface area contributed by atoms with Gasteiger partial charge in [0.15, 0.2) is 5.82 Å². The molecule has 0 spiro atoms. The first-order valence-corrected chi connectivity index (χ1v) is 7.10. The van der Waals surface area contributed by atoms with Crippen molar-refractivity contribution in [2.45, 2.75) is 6.42 Å². The number of anilines is 1. The number of rotatable bonds is 4. The van der Waals surface area contributed by atoms with Crippen molar-refractivity contribution < 1.29 is 13.2 Å². The fraction of sp³-hybridized carbons (Fsp3) is 0.176. The molecule has 0 aliphatic rings. The second-order valence-corrected chi connectivity index (χ2v) is 5.28. The van der Waals surface area contributed by atoms with E-state index in [1.807, 2.05) is 0 Å². The van der Waals surface area contributed by atoms with E-state index in [9.17, 15) is 13.2 Å². The quantitative estimate of drug-likeness (QED) is 0.734. The van der Waals surface area contributed by atoms with E-state index >= 15 is 0 Å². The van der Waals surface area contributed by atoms with Gasteiger partial charge in [0.25, 0.3) is 0 Å². The lowest BCUT2D eigenvalue weighted by atomic mass is 10.1. The standard InChI is InChI=1S/C17H14F3N3/c1-23(7-6-11-2-4-12(18)5-3-11)17-14-8-13(19)9-15(20)16(14)21-10-22-17/h2-5,8-10H,6-7H2,1H3. The predicted octanol–water partition coefficient (Wildman–Crippen LogP) is 3.73. The van der Waals surface area contributed by atoms with Gasteiger partial charge in [-0.05, 0) is 30.2 Å². The molecule has 6 heteroatoms. The zero-order chi connectivity index (χ0) is 16.4. The van der Waals surface area contributed by atoms with Crippen molar-refractivity contribution in [1.82, 2.24) is 9.97 Å². The van der Waals surface area contributed by atoms with Crippen LogP contribution in [0, 0.1) is 17.5 Å². The highest BCUT2D eigenvalue weighted by atomic mass is 19.1. The number of likely N-dealkylation sites (N-methyl/N-ethyl adjacent to an activating group) is 1. The molecule has 1 aromatic heterocycles. The average molecular weight is 317 g/mol. The minimum absolute atomic E-state index is 0.0880. The molecule has 0 aliphatic heterocycles. The molecule has 0 aliphatic carbocycles. The van der Waals surface area contributed by atoms with Crippen molar-refractivity contribution in [2.24, 2.45) is 0 Å². The van der Waals surface area contributed by atoms with Gasteiger partial charge >= 0.3 is 0 Å². The Bertz CT molecular complexity index is 834. The van der Waals surface area contributed by atoms with E-state index in [1.54, 1.807) is 24.1 Å². The van der Waals surface area contributed by atoms with Gasteiger partial charge < -0.3 is 4.90 Å². The largest absolute Gasteiger partial charge is 0.359 e. The summed E-state index contributed by atoms with van der Waals surface area (Å²) in [5.41, 5.74) is 1.05. The molecule has 1 heterocycles. The zero-order valence-electron chi connectivity index (χ0n) is 12.4. The summed E-state index contributed by atoms with van der Waals surface area (Å²) < 4.78 is 40.2. The second kappa shape index (κ2) is 6.24. The molecular weight excluding hydrogens is 303 g/mol. The van der Waals surface area contributed by atoms with Crippen molar-refractivity contribution in [3.63, 3.8) is 0 Å². The van der Waals surface area contributed by atoms with Crippen molar-refractivity contribution in [2.75, 3.05) is 18.5 Å². The molecule has 118 valence electrons. The molecule has 0 atom stereocenters. The minimum Gasteiger partial charge on any atom is -0.359 e. The molecule has 3 aromatic rings. The maximum atomic E-state index is 13.8.